The average Bonchev–Trinajstić information content (AvgIpc) is 2.85. The molecular weight excluding hydrogens is 442 g/mol. The van der Waals surface area contributed by atoms with Crippen molar-refractivity contribution in [3.05, 3.63) is 0 Å². The summed E-state index contributed by atoms with van der Waals surface area (Å²) in [4.78, 5) is 0. The zero-order valence-corrected chi connectivity index (χ0v) is 25.6. The molecule has 0 rings (SSSR count). The van der Waals surface area contributed by atoms with Gasteiger partial charge < -0.3 is 10.2 Å². The van der Waals surface area contributed by atoms with E-state index in [-0.39, 0.29) is 18.6 Å². The van der Waals surface area contributed by atoms with Gasteiger partial charge in [-0.05, 0) is 38.5 Å². The quantitative estimate of drug-likeness (QED) is 0.128. The Morgan fingerprint density at radius 3 is 0.788 bits per heavy atom. The summed E-state index contributed by atoms with van der Waals surface area (Å²) in [5.41, 5.74) is -0.244. The lowest BCUT2D eigenvalue weighted by molar-refractivity contribution is 0.0904. The van der Waals surface area contributed by atoms with Crippen molar-refractivity contribution in [3.8, 4) is 0 Å². The minimum absolute atomic E-state index is 0.196. The van der Waals surface area contributed by atoms with E-state index in [0.29, 0.717) is 0 Å². The molecule has 0 aliphatic rings. The van der Waals surface area contributed by atoms with E-state index in [9.17, 15) is 10.2 Å². The summed E-state index contributed by atoms with van der Waals surface area (Å²) >= 11 is 0. The van der Waals surface area contributed by atoms with Crippen LogP contribution in [0.25, 0.3) is 0 Å². The van der Waals surface area contributed by atoms with Crippen LogP contribution in [0.15, 0.2) is 0 Å². The number of hydrogen-bond donors (Lipinski definition) is 2. The molecule has 0 heterocycles. The molecule has 0 atom stereocenters. The Labute approximate surface area is 211 Å². The maximum atomic E-state index is 10.9. The Hall–Kier alpha value is 0.780. The summed E-state index contributed by atoms with van der Waals surface area (Å²) in [6, 6.07) is 0. The summed E-state index contributed by atoms with van der Waals surface area (Å²) in [5.74, 6) is 0. The lowest BCUT2D eigenvalue weighted by atomic mass is 9.96. The number of hydrogen-bond acceptors (Lipinski definition) is 2. The molecule has 33 heavy (non-hydrogen) atoms. The van der Waals surface area contributed by atoms with Gasteiger partial charge in [0.2, 0.25) is 0 Å². The maximum Gasteiger partial charge on any atom is 0.0834 e. The molecular formula is C29H64O2P2+2. The Morgan fingerprint density at radius 2 is 0.636 bits per heavy atom. The Kier molecular flexibility index (Phi) is 20.4. The molecule has 0 aromatic carbocycles. The topological polar surface area (TPSA) is 40.5 Å². The fourth-order valence-electron chi connectivity index (χ4n) is 5.83. The van der Waals surface area contributed by atoms with E-state index < -0.39 is 14.5 Å². The second-order valence-corrected chi connectivity index (χ2v) is 20.0. The molecule has 4 heteroatoms. The summed E-state index contributed by atoms with van der Waals surface area (Å²) in [7, 11) is -2.33. The molecule has 0 radical (unpaired) electrons. The molecule has 0 saturated carbocycles. The third kappa shape index (κ3) is 13.1. The molecule has 0 aromatic rings. The van der Waals surface area contributed by atoms with Crippen LogP contribution in [-0.2, 0) is 0 Å². The highest BCUT2D eigenvalue weighted by molar-refractivity contribution is 7.77. The van der Waals surface area contributed by atoms with Crippen molar-refractivity contribution >= 4 is 14.5 Å². The molecule has 0 aliphatic carbocycles. The van der Waals surface area contributed by atoms with Crippen molar-refractivity contribution in [2.75, 3.05) is 62.5 Å². The molecule has 0 fully saturated rings. The van der Waals surface area contributed by atoms with E-state index in [2.05, 4.69) is 41.5 Å². The molecule has 2 nitrogen and oxygen atoms in total. The lowest BCUT2D eigenvalue weighted by Crippen LogP contribution is -2.42. The van der Waals surface area contributed by atoms with Crippen LogP contribution in [0.1, 0.15) is 119 Å². The van der Waals surface area contributed by atoms with Crippen LogP contribution in [0.2, 0.25) is 0 Å². The summed E-state index contributed by atoms with van der Waals surface area (Å²) < 4.78 is 0. The van der Waals surface area contributed by atoms with Crippen molar-refractivity contribution in [3.63, 3.8) is 0 Å². The molecule has 2 N–H and O–H groups in total. The van der Waals surface area contributed by atoms with E-state index in [4.69, 9.17) is 0 Å². The van der Waals surface area contributed by atoms with Gasteiger partial charge in [0.25, 0.3) is 0 Å². The molecule has 0 bridgehead atoms. The van der Waals surface area contributed by atoms with E-state index in [1.807, 2.05) is 0 Å². The molecule has 0 spiro atoms. The molecule has 0 amide bonds. The van der Waals surface area contributed by atoms with E-state index in [1.165, 1.54) is 114 Å². The monoisotopic (exact) mass is 506 g/mol. The second-order valence-electron chi connectivity index (χ2n) is 11.3. The predicted octanol–water partition coefficient (Wildman–Crippen LogP) is 8.79. The summed E-state index contributed by atoms with van der Waals surface area (Å²) in [5, 5.41) is 21.9. The first-order valence-electron chi connectivity index (χ1n) is 14.8. The van der Waals surface area contributed by atoms with Gasteiger partial charge in [0, 0.05) is 14.5 Å². The number of unbranched alkanes of at least 4 members (excludes halogenated alkanes) is 6. The summed E-state index contributed by atoms with van der Waals surface area (Å²) in [6.07, 6.45) is 26.2. The van der Waals surface area contributed by atoms with E-state index >= 15 is 0 Å². The van der Waals surface area contributed by atoms with Gasteiger partial charge in [-0.15, -0.1) is 0 Å². The minimum atomic E-state index is -1.17. The van der Waals surface area contributed by atoms with E-state index in [0.717, 1.165) is 12.3 Å². The molecule has 0 saturated heterocycles. The van der Waals surface area contributed by atoms with Crippen LogP contribution in [-0.4, -0.2) is 72.7 Å². The van der Waals surface area contributed by atoms with Crippen LogP contribution < -0.4 is 0 Å². The zero-order valence-electron chi connectivity index (χ0n) is 23.8. The fourth-order valence-corrected chi connectivity index (χ4v) is 17.7. The Balaban J connectivity index is 6.17. The van der Waals surface area contributed by atoms with Crippen molar-refractivity contribution in [2.24, 2.45) is 5.41 Å². The van der Waals surface area contributed by atoms with Crippen LogP contribution in [0.3, 0.4) is 0 Å². The van der Waals surface area contributed by atoms with Crippen LogP contribution >= 0.6 is 14.5 Å². The van der Waals surface area contributed by atoms with Gasteiger partial charge in [0.1, 0.15) is 0 Å². The van der Waals surface area contributed by atoms with Crippen LogP contribution in [0, 0.1) is 5.41 Å². The van der Waals surface area contributed by atoms with Crippen LogP contribution in [0.4, 0.5) is 0 Å². The fraction of sp³-hybridized carbons (Fsp3) is 1.00. The number of aliphatic hydroxyl groups excluding tert-OH is 2. The van der Waals surface area contributed by atoms with Crippen molar-refractivity contribution in [1.29, 1.82) is 0 Å². The first kappa shape index (κ1) is 33.8. The largest absolute Gasteiger partial charge is 0.395 e. The van der Waals surface area contributed by atoms with E-state index in [1.54, 1.807) is 0 Å². The second kappa shape index (κ2) is 19.9. The van der Waals surface area contributed by atoms with Gasteiger partial charge in [-0.2, -0.15) is 0 Å². The lowest BCUT2D eigenvalue weighted by Gasteiger charge is -2.41. The normalized spacial score (nSPS) is 13.1. The van der Waals surface area contributed by atoms with Crippen molar-refractivity contribution in [2.45, 2.75) is 119 Å². The third-order valence-corrected chi connectivity index (χ3v) is 18.2. The van der Waals surface area contributed by atoms with Gasteiger partial charge in [-0.3, -0.25) is 0 Å². The van der Waals surface area contributed by atoms with Gasteiger partial charge in [-0.25, -0.2) is 0 Å². The first-order valence-corrected chi connectivity index (χ1v) is 19.9. The highest BCUT2D eigenvalue weighted by Crippen LogP contribution is 2.68. The average molecular weight is 507 g/mol. The number of rotatable bonds is 24. The van der Waals surface area contributed by atoms with Gasteiger partial charge in [-0.1, -0.05) is 80.1 Å². The molecule has 0 aromatic heterocycles. The smallest absolute Gasteiger partial charge is 0.0834 e. The third-order valence-electron chi connectivity index (χ3n) is 7.93. The molecule has 0 aliphatic heterocycles. The Bertz CT molecular complexity index is 358. The van der Waals surface area contributed by atoms with Crippen LogP contribution in [0.5, 0.6) is 0 Å². The predicted molar refractivity (Wildman–Crippen MR) is 159 cm³/mol. The highest BCUT2D eigenvalue weighted by atomic mass is 31.2. The molecule has 200 valence electrons. The number of aliphatic hydroxyl groups is 2. The Morgan fingerprint density at radius 1 is 0.424 bits per heavy atom. The van der Waals surface area contributed by atoms with Gasteiger partial charge >= 0.3 is 0 Å². The van der Waals surface area contributed by atoms with Crippen molar-refractivity contribution in [1.82, 2.24) is 0 Å². The maximum absolute atomic E-state index is 10.9. The van der Waals surface area contributed by atoms with Gasteiger partial charge in [0.15, 0.2) is 0 Å². The zero-order chi connectivity index (χ0) is 25.1. The van der Waals surface area contributed by atoms with Gasteiger partial charge in [0.05, 0.1) is 67.9 Å². The van der Waals surface area contributed by atoms with Crippen molar-refractivity contribution < 1.29 is 10.2 Å². The SMILES string of the molecule is CCCC[P+](CCCC)(CCCC)CC(CO)(CO)C[P+](CCCC)(CCCC)CCCC. The highest BCUT2D eigenvalue weighted by Gasteiger charge is 2.51. The first-order chi connectivity index (χ1) is 15.9. The minimum Gasteiger partial charge on any atom is -0.395 e. The summed E-state index contributed by atoms with van der Waals surface area (Å²) in [6.45, 7) is 14.4. The molecule has 0 unspecified atom stereocenters. The standard InChI is InChI=1S/C29H64O2P2/c1-7-13-19-32(20-14-8-2,21-15-9-3)27-29(25-30,26-31)28-33(22-16-10-4,23-17-11-5)24-18-12-6/h30-31H,7-28H2,1-6H3/q+2.